The molecule has 62 valence electrons. The Balaban J connectivity index is 2.33. The standard InChI is InChI=1S/C8H12O3/c1-7-3-4-10-8(2,11-7)6(9)5-7/h3-5H2,1-2H3. The van der Waals surface area contributed by atoms with E-state index in [2.05, 4.69) is 0 Å². The fourth-order valence-corrected chi connectivity index (χ4v) is 1.77. The molecule has 2 fully saturated rings. The molecule has 3 nitrogen and oxygen atoms in total. The number of ether oxygens (including phenoxy) is 2. The highest BCUT2D eigenvalue weighted by molar-refractivity contribution is 5.88. The van der Waals surface area contributed by atoms with Crippen molar-refractivity contribution in [2.24, 2.45) is 0 Å². The third-order valence-corrected chi connectivity index (χ3v) is 2.49. The van der Waals surface area contributed by atoms with Crippen molar-refractivity contribution in [3.8, 4) is 0 Å². The van der Waals surface area contributed by atoms with Crippen LogP contribution in [0.5, 0.6) is 0 Å². The van der Waals surface area contributed by atoms with Gasteiger partial charge in [0.15, 0.2) is 5.78 Å². The molecule has 0 N–H and O–H groups in total. The Kier molecular flexibility index (Phi) is 1.22. The summed E-state index contributed by atoms with van der Waals surface area (Å²) in [6, 6.07) is 0. The molecule has 2 saturated heterocycles. The molecule has 2 unspecified atom stereocenters. The maximum absolute atomic E-state index is 11.3. The van der Waals surface area contributed by atoms with Crippen LogP contribution in [0.2, 0.25) is 0 Å². The van der Waals surface area contributed by atoms with Crippen molar-refractivity contribution >= 4 is 5.78 Å². The van der Waals surface area contributed by atoms with Crippen molar-refractivity contribution in [2.45, 2.75) is 38.1 Å². The van der Waals surface area contributed by atoms with E-state index in [4.69, 9.17) is 9.47 Å². The Bertz CT molecular complexity index is 213. The van der Waals surface area contributed by atoms with Gasteiger partial charge >= 0.3 is 0 Å². The van der Waals surface area contributed by atoms with Crippen LogP contribution in [0.25, 0.3) is 0 Å². The van der Waals surface area contributed by atoms with Crippen molar-refractivity contribution in [3.63, 3.8) is 0 Å². The Morgan fingerprint density at radius 1 is 1.45 bits per heavy atom. The molecule has 2 aliphatic heterocycles. The Morgan fingerprint density at radius 2 is 2.18 bits per heavy atom. The maximum atomic E-state index is 11.3. The van der Waals surface area contributed by atoms with Crippen LogP contribution in [0.15, 0.2) is 0 Å². The molecule has 0 aliphatic carbocycles. The minimum absolute atomic E-state index is 0.0810. The highest BCUT2D eigenvalue weighted by Gasteiger charge is 2.54. The molecule has 0 radical (unpaired) electrons. The van der Waals surface area contributed by atoms with E-state index in [-0.39, 0.29) is 11.4 Å². The first-order valence-corrected chi connectivity index (χ1v) is 3.92. The van der Waals surface area contributed by atoms with Gasteiger partial charge < -0.3 is 9.47 Å². The summed E-state index contributed by atoms with van der Waals surface area (Å²) >= 11 is 0. The third-order valence-electron chi connectivity index (χ3n) is 2.49. The number of hydrogen-bond acceptors (Lipinski definition) is 3. The summed E-state index contributed by atoms with van der Waals surface area (Å²) in [5.41, 5.74) is -0.246. The highest BCUT2D eigenvalue weighted by Crippen LogP contribution is 2.41. The fourth-order valence-electron chi connectivity index (χ4n) is 1.77. The molecule has 11 heavy (non-hydrogen) atoms. The van der Waals surface area contributed by atoms with Crippen molar-refractivity contribution in [1.82, 2.24) is 0 Å². The summed E-state index contributed by atoms with van der Waals surface area (Å²) in [5.74, 6) is -0.843. The quantitative estimate of drug-likeness (QED) is 0.522. The molecule has 3 heteroatoms. The van der Waals surface area contributed by atoms with Crippen LogP contribution >= 0.6 is 0 Å². The molecule has 2 bridgehead atoms. The molecular formula is C8H12O3. The van der Waals surface area contributed by atoms with E-state index in [9.17, 15) is 4.79 Å². The van der Waals surface area contributed by atoms with Gasteiger partial charge in [0.1, 0.15) is 0 Å². The topological polar surface area (TPSA) is 35.5 Å². The van der Waals surface area contributed by atoms with Crippen LogP contribution < -0.4 is 0 Å². The molecule has 0 aromatic carbocycles. The number of rotatable bonds is 0. The Morgan fingerprint density at radius 3 is 2.73 bits per heavy atom. The van der Waals surface area contributed by atoms with Crippen molar-refractivity contribution in [3.05, 3.63) is 0 Å². The largest absolute Gasteiger partial charge is 0.344 e. The van der Waals surface area contributed by atoms with E-state index in [0.717, 1.165) is 6.42 Å². The molecule has 2 atom stereocenters. The van der Waals surface area contributed by atoms with Gasteiger partial charge in [-0.05, 0) is 13.8 Å². The van der Waals surface area contributed by atoms with Crippen LogP contribution in [0, 0.1) is 0 Å². The molecule has 2 rings (SSSR count). The molecule has 2 aliphatic rings. The van der Waals surface area contributed by atoms with Crippen LogP contribution in [0.1, 0.15) is 26.7 Å². The van der Waals surface area contributed by atoms with E-state index < -0.39 is 5.79 Å². The van der Waals surface area contributed by atoms with Gasteiger partial charge in [0, 0.05) is 12.8 Å². The summed E-state index contributed by atoms with van der Waals surface area (Å²) in [7, 11) is 0. The first kappa shape index (κ1) is 7.25. The number of carbonyl (C=O) groups excluding carboxylic acids is 1. The number of Topliss-reactive ketones (excluding diaryl/α,β-unsaturated/α-hetero) is 1. The predicted octanol–water partition coefficient (Wildman–Crippen LogP) is 0.871. The summed E-state index contributed by atoms with van der Waals surface area (Å²) in [6.45, 7) is 4.32. The van der Waals surface area contributed by atoms with Gasteiger partial charge in [0.05, 0.1) is 12.2 Å². The zero-order chi connectivity index (χ0) is 8.11. The van der Waals surface area contributed by atoms with E-state index in [0.29, 0.717) is 13.0 Å². The number of ketones is 1. The van der Waals surface area contributed by atoms with E-state index >= 15 is 0 Å². The number of hydrogen-bond donors (Lipinski definition) is 0. The molecule has 0 saturated carbocycles. The highest BCUT2D eigenvalue weighted by atomic mass is 16.7. The second-order valence-electron chi connectivity index (χ2n) is 3.70. The zero-order valence-corrected chi connectivity index (χ0v) is 6.85. The van der Waals surface area contributed by atoms with Crippen LogP contribution in [0.4, 0.5) is 0 Å². The van der Waals surface area contributed by atoms with Gasteiger partial charge in [-0.15, -0.1) is 0 Å². The minimum Gasteiger partial charge on any atom is -0.344 e. The molecule has 2 heterocycles. The Hall–Kier alpha value is -0.410. The first-order chi connectivity index (χ1) is 5.04. The Labute approximate surface area is 65.7 Å². The predicted molar refractivity (Wildman–Crippen MR) is 38.1 cm³/mol. The summed E-state index contributed by atoms with van der Waals surface area (Å²) in [6.07, 6.45) is 1.33. The lowest BCUT2D eigenvalue weighted by atomic mass is 9.99. The number of carbonyl (C=O) groups is 1. The normalized spacial score (nSPS) is 49.8. The lowest BCUT2D eigenvalue weighted by Gasteiger charge is -2.34. The summed E-state index contributed by atoms with van der Waals surface area (Å²) in [5, 5.41) is 0. The van der Waals surface area contributed by atoms with Gasteiger partial charge in [-0.3, -0.25) is 4.79 Å². The summed E-state index contributed by atoms with van der Waals surface area (Å²) < 4.78 is 10.8. The average molecular weight is 156 g/mol. The van der Waals surface area contributed by atoms with Gasteiger partial charge in [-0.1, -0.05) is 0 Å². The van der Waals surface area contributed by atoms with E-state index in [1.165, 1.54) is 0 Å². The maximum Gasteiger partial charge on any atom is 0.226 e. The van der Waals surface area contributed by atoms with E-state index in [1.54, 1.807) is 6.92 Å². The van der Waals surface area contributed by atoms with E-state index in [1.807, 2.05) is 6.92 Å². The molecule has 0 aromatic rings. The van der Waals surface area contributed by atoms with Crippen LogP contribution in [-0.2, 0) is 14.3 Å². The molecule has 0 spiro atoms. The summed E-state index contributed by atoms with van der Waals surface area (Å²) in [4.78, 5) is 11.3. The smallest absolute Gasteiger partial charge is 0.226 e. The second kappa shape index (κ2) is 1.84. The average Bonchev–Trinajstić information content (AvgIpc) is 1.99. The van der Waals surface area contributed by atoms with Gasteiger partial charge in [-0.25, -0.2) is 0 Å². The van der Waals surface area contributed by atoms with Crippen molar-refractivity contribution in [1.29, 1.82) is 0 Å². The van der Waals surface area contributed by atoms with Crippen molar-refractivity contribution < 1.29 is 14.3 Å². The number of fused-ring (bicyclic) bond motifs is 2. The SMILES string of the molecule is CC12CCOC(C)(O1)C(=O)C2. The van der Waals surface area contributed by atoms with Crippen LogP contribution in [0.3, 0.4) is 0 Å². The van der Waals surface area contributed by atoms with Gasteiger partial charge in [0.25, 0.3) is 0 Å². The third kappa shape index (κ3) is 0.914. The first-order valence-electron chi connectivity index (χ1n) is 3.92. The van der Waals surface area contributed by atoms with Crippen LogP contribution in [-0.4, -0.2) is 23.8 Å². The lowest BCUT2D eigenvalue weighted by Crippen LogP contribution is -2.42. The van der Waals surface area contributed by atoms with Gasteiger partial charge in [-0.2, -0.15) is 0 Å². The molecule has 0 amide bonds. The molecule has 0 aromatic heterocycles. The lowest BCUT2D eigenvalue weighted by molar-refractivity contribution is -0.266. The molecular weight excluding hydrogens is 144 g/mol. The minimum atomic E-state index is -0.924. The van der Waals surface area contributed by atoms with Gasteiger partial charge in [0.2, 0.25) is 5.79 Å². The zero-order valence-electron chi connectivity index (χ0n) is 6.85. The fraction of sp³-hybridized carbons (Fsp3) is 0.875. The monoisotopic (exact) mass is 156 g/mol. The second-order valence-corrected chi connectivity index (χ2v) is 3.70. The van der Waals surface area contributed by atoms with Crippen molar-refractivity contribution in [2.75, 3.05) is 6.61 Å².